The Morgan fingerprint density at radius 2 is 1.80 bits per heavy atom. The lowest BCUT2D eigenvalue weighted by Crippen LogP contribution is -2.38. The number of fused-ring (bicyclic) bond motifs is 1. The van der Waals surface area contributed by atoms with Gasteiger partial charge in [-0.2, -0.15) is 9.61 Å². The highest BCUT2D eigenvalue weighted by molar-refractivity contribution is 5.68. The van der Waals surface area contributed by atoms with Crippen LogP contribution in [0.1, 0.15) is 18.5 Å². The molecule has 0 aliphatic carbocycles. The number of rotatable bonds is 4. The van der Waals surface area contributed by atoms with E-state index in [-0.39, 0.29) is 6.10 Å². The molecule has 25 heavy (non-hydrogen) atoms. The van der Waals surface area contributed by atoms with E-state index >= 15 is 0 Å². The van der Waals surface area contributed by atoms with Crippen LogP contribution in [0.25, 0.3) is 5.65 Å². The zero-order valence-corrected chi connectivity index (χ0v) is 14.4. The summed E-state index contributed by atoms with van der Waals surface area (Å²) in [5.74, 6) is 1.73. The minimum Gasteiger partial charge on any atom is -0.497 e. The molecule has 3 aromatic rings. The molecular weight excluding hydrogens is 318 g/mol. The summed E-state index contributed by atoms with van der Waals surface area (Å²) in [6, 6.07) is 9.83. The predicted octanol–water partition coefficient (Wildman–Crippen LogP) is 2.49. The van der Waals surface area contributed by atoms with Gasteiger partial charge in [0.2, 0.25) is 5.65 Å². The summed E-state index contributed by atoms with van der Waals surface area (Å²) < 4.78 is 13.0. The van der Waals surface area contributed by atoms with Gasteiger partial charge in [-0.15, -0.1) is 10.2 Å². The monoisotopic (exact) mass is 339 g/mol. The van der Waals surface area contributed by atoms with E-state index in [1.54, 1.807) is 18.0 Å². The smallest absolute Gasteiger partial charge is 0.200 e. The van der Waals surface area contributed by atoms with Crippen LogP contribution in [0.5, 0.6) is 11.5 Å². The first-order valence-electron chi connectivity index (χ1n) is 8.46. The quantitative estimate of drug-likeness (QED) is 0.728. The summed E-state index contributed by atoms with van der Waals surface area (Å²) in [5.41, 5.74) is 2.85. The van der Waals surface area contributed by atoms with Crippen molar-refractivity contribution in [3.05, 3.63) is 42.4 Å². The van der Waals surface area contributed by atoms with Crippen molar-refractivity contribution in [1.29, 1.82) is 0 Å². The van der Waals surface area contributed by atoms with Crippen LogP contribution in [0, 0.1) is 6.92 Å². The molecule has 1 aromatic carbocycles. The number of hydrogen-bond donors (Lipinski definition) is 0. The van der Waals surface area contributed by atoms with Gasteiger partial charge in [0.1, 0.15) is 23.9 Å². The van der Waals surface area contributed by atoms with Crippen molar-refractivity contribution in [2.75, 3.05) is 25.1 Å². The number of benzene rings is 1. The largest absolute Gasteiger partial charge is 0.497 e. The van der Waals surface area contributed by atoms with Gasteiger partial charge in [-0.3, -0.25) is 0 Å². The minimum absolute atomic E-state index is 0.224. The lowest BCUT2D eigenvalue weighted by atomic mass is 10.1. The Labute approximate surface area is 146 Å². The average Bonchev–Trinajstić information content (AvgIpc) is 3.11. The van der Waals surface area contributed by atoms with Gasteiger partial charge in [-0.1, -0.05) is 0 Å². The summed E-state index contributed by atoms with van der Waals surface area (Å²) in [5, 5.41) is 12.6. The minimum atomic E-state index is 0.224. The number of nitrogens with zero attached hydrogens (tertiary/aromatic N) is 5. The summed E-state index contributed by atoms with van der Waals surface area (Å²) >= 11 is 0. The Balaban J connectivity index is 1.43. The topological polar surface area (TPSA) is 64.8 Å². The Hall–Kier alpha value is -2.83. The van der Waals surface area contributed by atoms with Crippen LogP contribution in [0.15, 0.2) is 36.7 Å². The number of hydrogen-bond acceptors (Lipinski definition) is 6. The molecule has 1 aliphatic heterocycles. The van der Waals surface area contributed by atoms with Crippen LogP contribution in [0.2, 0.25) is 0 Å². The summed E-state index contributed by atoms with van der Waals surface area (Å²) in [6.45, 7) is 3.84. The molecular formula is C18H21N5O2. The molecule has 0 spiro atoms. The maximum absolute atomic E-state index is 6.11. The molecule has 4 rings (SSSR count). The van der Waals surface area contributed by atoms with Crippen LogP contribution >= 0.6 is 0 Å². The second-order valence-electron chi connectivity index (χ2n) is 6.25. The maximum Gasteiger partial charge on any atom is 0.200 e. The van der Waals surface area contributed by atoms with Gasteiger partial charge in [0.15, 0.2) is 0 Å². The average molecular weight is 339 g/mol. The number of anilines is 1. The molecule has 0 radical (unpaired) electrons. The van der Waals surface area contributed by atoms with Gasteiger partial charge in [0.05, 0.1) is 18.5 Å². The van der Waals surface area contributed by atoms with E-state index in [4.69, 9.17) is 9.47 Å². The summed E-state index contributed by atoms with van der Waals surface area (Å²) in [7, 11) is 1.67. The molecule has 0 bridgehead atoms. The number of ether oxygens (including phenoxy) is 2. The molecule has 1 fully saturated rings. The number of piperidine rings is 1. The van der Waals surface area contributed by atoms with Crippen LogP contribution in [-0.4, -0.2) is 46.1 Å². The second kappa shape index (κ2) is 6.58. The Morgan fingerprint density at radius 1 is 1.08 bits per heavy atom. The van der Waals surface area contributed by atoms with Gasteiger partial charge < -0.3 is 14.4 Å². The van der Waals surface area contributed by atoms with E-state index < -0.39 is 0 Å². The lowest BCUT2D eigenvalue weighted by Gasteiger charge is -2.33. The van der Waals surface area contributed by atoms with Crippen LogP contribution < -0.4 is 14.4 Å². The SMILES string of the molecule is COc1ccc(OC2CCN(c3cc(C)nn4cnnc34)CC2)cc1. The number of aryl methyl sites for hydroxylation is 1. The fourth-order valence-electron chi connectivity index (χ4n) is 3.23. The molecule has 0 N–H and O–H groups in total. The Bertz CT molecular complexity index is 854. The molecule has 0 unspecified atom stereocenters. The van der Waals surface area contributed by atoms with Gasteiger partial charge >= 0.3 is 0 Å². The highest BCUT2D eigenvalue weighted by Crippen LogP contribution is 2.26. The fraction of sp³-hybridized carbons (Fsp3) is 0.389. The second-order valence-corrected chi connectivity index (χ2v) is 6.25. The van der Waals surface area contributed by atoms with E-state index in [9.17, 15) is 0 Å². The van der Waals surface area contributed by atoms with Crippen molar-refractivity contribution in [2.45, 2.75) is 25.9 Å². The number of aromatic nitrogens is 4. The Morgan fingerprint density at radius 3 is 2.52 bits per heavy atom. The third-order valence-corrected chi connectivity index (χ3v) is 4.52. The van der Waals surface area contributed by atoms with Crippen LogP contribution in [-0.2, 0) is 0 Å². The molecule has 7 heteroatoms. The van der Waals surface area contributed by atoms with Crippen molar-refractivity contribution >= 4 is 11.3 Å². The van der Waals surface area contributed by atoms with E-state index in [2.05, 4.69) is 26.3 Å². The van der Waals surface area contributed by atoms with Crippen molar-refractivity contribution < 1.29 is 9.47 Å². The standard InChI is InChI=1S/C18H21N5O2/c1-13-11-17(18-20-19-12-23(18)21-13)22-9-7-16(8-10-22)25-15-5-3-14(24-2)4-6-15/h3-6,11-12,16H,7-10H2,1-2H3. The van der Waals surface area contributed by atoms with Gasteiger partial charge in [-0.05, 0) is 37.3 Å². The zero-order chi connectivity index (χ0) is 17.2. The molecule has 0 atom stereocenters. The molecule has 2 aromatic heterocycles. The first-order valence-corrected chi connectivity index (χ1v) is 8.46. The molecule has 3 heterocycles. The van der Waals surface area contributed by atoms with Crippen LogP contribution in [0.4, 0.5) is 5.69 Å². The molecule has 130 valence electrons. The first-order chi connectivity index (χ1) is 12.2. The zero-order valence-electron chi connectivity index (χ0n) is 14.4. The summed E-state index contributed by atoms with van der Waals surface area (Å²) in [6.07, 6.45) is 3.80. The van der Waals surface area contributed by atoms with E-state index in [0.717, 1.165) is 54.5 Å². The van der Waals surface area contributed by atoms with Gasteiger partial charge in [0.25, 0.3) is 0 Å². The third kappa shape index (κ3) is 3.22. The van der Waals surface area contributed by atoms with E-state index in [0.29, 0.717) is 0 Å². The van der Waals surface area contributed by atoms with Gasteiger partial charge in [0, 0.05) is 25.9 Å². The predicted molar refractivity (Wildman–Crippen MR) is 94.4 cm³/mol. The van der Waals surface area contributed by atoms with Crippen molar-refractivity contribution in [3.63, 3.8) is 0 Å². The van der Waals surface area contributed by atoms with E-state index in [1.165, 1.54) is 0 Å². The molecule has 7 nitrogen and oxygen atoms in total. The van der Waals surface area contributed by atoms with Crippen LogP contribution in [0.3, 0.4) is 0 Å². The maximum atomic E-state index is 6.11. The lowest BCUT2D eigenvalue weighted by molar-refractivity contribution is 0.171. The molecule has 0 amide bonds. The molecule has 0 saturated carbocycles. The third-order valence-electron chi connectivity index (χ3n) is 4.52. The highest BCUT2D eigenvalue weighted by atomic mass is 16.5. The summed E-state index contributed by atoms with van der Waals surface area (Å²) in [4.78, 5) is 2.34. The van der Waals surface area contributed by atoms with Crippen molar-refractivity contribution in [2.24, 2.45) is 0 Å². The first kappa shape index (κ1) is 15.7. The highest BCUT2D eigenvalue weighted by Gasteiger charge is 2.23. The Kier molecular flexibility index (Phi) is 4.13. The van der Waals surface area contributed by atoms with Crippen molar-refractivity contribution in [1.82, 2.24) is 19.8 Å². The molecule has 1 aliphatic rings. The van der Waals surface area contributed by atoms with E-state index in [1.807, 2.05) is 31.2 Å². The normalized spacial score (nSPS) is 15.5. The molecule has 1 saturated heterocycles. The fourth-order valence-corrected chi connectivity index (χ4v) is 3.23. The van der Waals surface area contributed by atoms with Crippen molar-refractivity contribution in [3.8, 4) is 11.5 Å². The van der Waals surface area contributed by atoms with Gasteiger partial charge in [-0.25, -0.2) is 0 Å². The number of methoxy groups -OCH3 is 1.